The number of aromatic hydroxyl groups is 2. The van der Waals surface area contributed by atoms with Crippen molar-refractivity contribution in [3.8, 4) is 11.5 Å². The molecule has 0 bridgehead atoms. The number of phenols is 2. The van der Waals surface area contributed by atoms with Gasteiger partial charge in [0.05, 0.1) is 6.61 Å². The normalized spacial score (nSPS) is 17.3. The minimum absolute atomic E-state index is 0.0417. The third kappa shape index (κ3) is 2.81. The Bertz CT molecular complexity index is 446. The molecule has 0 unspecified atom stereocenters. The van der Waals surface area contributed by atoms with Gasteiger partial charge in [-0.3, -0.25) is 4.79 Å². The van der Waals surface area contributed by atoms with E-state index in [1.807, 2.05) is 0 Å². The summed E-state index contributed by atoms with van der Waals surface area (Å²) in [4.78, 5) is 12.0. The Balaban J connectivity index is 2.05. The maximum atomic E-state index is 12.0. The monoisotopic (exact) mass is 265 g/mol. The number of rotatable bonds is 4. The van der Waals surface area contributed by atoms with E-state index in [2.05, 4.69) is 5.32 Å². The van der Waals surface area contributed by atoms with Crippen LogP contribution < -0.4 is 5.32 Å². The van der Waals surface area contributed by atoms with Gasteiger partial charge in [0.25, 0.3) is 5.91 Å². The van der Waals surface area contributed by atoms with Crippen LogP contribution in [0.2, 0.25) is 0 Å². The summed E-state index contributed by atoms with van der Waals surface area (Å²) in [7, 11) is 0. The lowest BCUT2D eigenvalue weighted by atomic mass is 9.87. The van der Waals surface area contributed by atoms with Crippen LogP contribution in [0.3, 0.4) is 0 Å². The zero-order valence-corrected chi connectivity index (χ0v) is 10.7. The number of carbonyl (C=O) groups excluding carboxylic acids is 1. The summed E-state index contributed by atoms with van der Waals surface area (Å²) >= 11 is 0. The average Bonchev–Trinajstić information content (AvgIpc) is 2.86. The molecule has 1 aliphatic rings. The van der Waals surface area contributed by atoms with Crippen molar-refractivity contribution in [1.29, 1.82) is 0 Å². The van der Waals surface area contributed by atoms with Crippen molar-refractivity contribution < 1.29 is 20.1 Å². The number of hydrogen-bond acceptors (Lipinski definition) is 4. The van der Waals surface area contributed by atoms with Crippen LogP contribution in [0, 0.1) is 5.41 Å². The fraction of sp³-hybridized carbons (Fsp3) is 0.500. The molecule has 0 aliphatic heterocycles. The lowest BCUT2D eigenvalue weighted by Crippen LogP contribution is -2.38. The number of aliphatic hydroxyl groups is 1. The molecule has 0 aromatic heterocycles. The molecule has 1 fully saturated rings. The minimum Gasteiger partial charge on any atom is -0.507 e. The first-order chi connectivity index (χ1) is 9.08. The molecule has 5 heteroatoms. The van der Waals surface area contributed by atoms with Crippen molar-refractivity contribution in [1.82, 2.24) is 5.32 Å². The van der Waals surface area contributed by atoms with Crippen LogP contribution in [-0.4, -0.2) is 34.4 Å². The summed E-state index contributed by atoms with van der Waals surface area (Å²) in [5.41, 5.74) is -0.371. The van der Waals surface area contributed by atoms with Gasteiger partial charge in [0.1, 0.15) is 17.1 Å². The van der Waals surface area contributed by atoms with Crippen LogP contribution in [0.5, 0.6) is 11.5 Å². The zero-order chi connectivity index (χ0) is 13.9. The molecular formula is C14H19NO4. The van der Waals surface area contributed by atoms with Gasteiger partial charge in [-0.25, -0.2) is 0 Å². The van der Waals surface area contributed by atoms with Crippen molar-refractivity contribution in [3.63, 3.8) is 0 Å². The van der Waals surface area contributed by atoms with Crippen LogP contribution in [0.4, 0.5) is 0 Å². The van der Waals surface area contributed by atoms with E-state index in [1.54, 1.807) is 0 Å². The molecule has 1 aliphatic carbocycles. The van der Waals surface area contributed by atoms with E-state index in [0.29, 0.717) is 6.54 Å². The highest BCUT2D eigenvalue weighted by atomic mass is 16.3. The standard InChI is InChI=1S/C14H19NO4/c16-9-14(6-1-2-7-14)8-15-13(19)12-10(17)4-3-5-11(12)18/h3-5,16-18H,1-2,6-9H2,(H,15,19). The summed E-state index contributed by atoms with van der Waals surface area (Å²) in [6.45, 7) is 0.399. The van der Waals surface area contributed by atoms with Gasteiger partial charge in [0.2, 0.25) is 0 Å². The maximum Gasteiger partial charge on any atom is 0.258 e. The largest absolute Gasteiger partial charge is 0.507 e. The van der Waals surface area contributed by atoms with Gasteiger partial charge < -0.3 is 20.6 Å². The topological polar surface area (TPSA) is 89.8 Å². The van der Waals surface area contributed by atoms with E-state index in [4.69, 9.17) is 0 Å². The first-order valence-electron chi connectivity index (χ1n) is 6.48. The SMILES string of the molecule is O=C(NCC1(CO)CCCC1)c1c(O)cccc1O. The minimum atomic E-state index is -0.518. The van der Waals surface area contributed by atoms with Crippen LogP contribution in [0.15, 0.2) is 18.2 Å². The quantitative estimate of drug-likeness (QED) is 0.662. The summed E-state index contributed by atoms with van der Waals surface area (Å²) in [5.74, 6) is -1.01. The molecule has 5 nitrogen and oxygen atoms in total. The molecular weight excluding hydrogens is 246 g/mol. The van der Waals surface area contributed by atoms with Gasteiger partial charge in [-0.05, 0) is 25.0 Å². The first-order valence-corrected chi connectivity index (χ1v) is 6.48. The van der Waals surface area contributed by atoms with E-state index in [-0.39, 0.29) is 29.1 Å². The maximum absolute atomic E-state index is 12.0. The van der Waals surface area contributed by atoms with Crippen molar-refractivity contribution >= 4 is 5.91 Å². The number of phenolic OH excluding ortho intramolecular Hbond substituents is 2. The summed E-state index contributed by atoms with van der Waals surface area (Å²) in [6, 6.07) is 4.17. The highest BCUT2D eigenvalue weighted by molar-refractivity contribution is 5.99. The number of aliphatic hydroxyl groups excluding tert-OH is 1. The molecule has 0 spiro atoms. The molecule has 1 aromatic carbocycles. The smallest absolute Gasteiger partial charge is 0.258 e. The number of nitrogens with one attached hydrogen (secondary N) is 1. The van der Waals surface area contributed by atoms with Crippen molar-refractivity contribution in [2.45, 2.75) is 25.7 Å². The van der Waals surface area contributed by atoms with E-state index < -0.39 is 5.91 Å². The Morgan fingerprint density at radius 1 is 1.21 bits per heavy atom. The zero-order valence-electron chi connectivity index (χ0n) is 10.7. The molecule has 4 N–H and O–H groups in total. The van der Waals surface area contributed by atoms with E-state index in [9.17, 15) is 20.1 Å². The van der Waals surface area contributed by atoms with E-state index in [0.717, 1.165) is 25.7 Å². The molecule has 2 rings (SSSR count). The van der Waals surface area contributed by atoms with E-state index in [1.165, 1.54) is 18.2 Å². The third-order valence-corrected chi connectivity index (χ3v) is 3.87. The summed E-state index contributed by atoms with van der Waals surface area (Å²) < 4.78 is 0. The van der Waals surface area contributed by atoms with Crippen LogP contribution >= 0.6 is 0 Å². The molecule has 0 radical (unpaired) electrons. The lowest BCUT2D eigenvalue weighted by Gasteiger charge is -2.26. The Morgan fingerprint density at radius 2 is 1.79 bits per heavy atom. The molecule has 1 saturated carbocycles. The first kappa shape index (κ1) is 13.7. The number of amides is 1. The van der Waals surface area contributed by atoms with Crippen molar-refractivity contribution in [2.24, 2.45) is 5.41 Å². The van der Waals surface area contributed by atoms with Gasteiger partial charge in [0.15, 0.2) is 0 Å². The second-order valence-corrected chi connectivity index (χ2v) is 5.22. The van der Waals surface area contributed by atoms with Gasteiger partial charge in [-0.15, -0.1) is 0 Å². The lowest BCUT2D eigenvalue weighted by molar-refractivity contribution is 0.0875. The van der Waals surface area contributed by atoms with E-state index >= 15 is 0 Å². The van der Waals surface area contributed by atoms with Gasteiger partial charge in [0, 0.05) is 12.0 Å². The molecule has 0 atom stereocenters. The second kappa shape index (κ2) is 5.48. The van der Waals surface area contributed by atoms with Crippen LogP contribution in [0.1, 0.15) is 36.0 Å². The second-order valence-electron chi connectivity index (χ2n) is 5.22. The Morgan fingerprint density at radius 3 is 2.32 bits per heavy atom. The number of benzene rings is 1. The number of hydrogen-bond donors (Lipinski definition) is 4. The summed E-state index contributed by atoms with van der Waals surface area (Å²) in [5, 5.41) is 31.4. The van der Waals surface area contributed by atoms with Crippen LogP contribution in [0.25, 0.3) is 0 Å². The highest BCUT2D eigenvalue weighted by Gasteiger charge is 2.33. The van der Waals surface area contributed by atoms with Crippen LogP contribution in [-0.2, 0) is 0 Å². The Kier molecular flexibility index (Phi) is 3.95. The molecule has 1 aromatic rings. The predicted molar refractivity (Wildman–Crippen MR) is 70.1 cm³/mol. The third-order valence-electron chi connectivity index (χ3n) is 3.87. The molecule has 19 heavy (non-hydrogen) atoms. The van der Waals surface area contributed by atoms with Crippen molar-refractivity contribution in [3.05, 3.63) is 23.8 Å². The van der Waals surface area contributed by atoms with Gasteiger partial charge in [-0.1, -0.05) is 18.9 Å². The highest BCUT2D eigenvalue weighted by Crippen LogP contribution is 2.37. The Hall–Kier alpha value is -1.75. The molecule has 0 heterocycles. The molecule has 0 saturated heterocycles. The predicted octanol–water partition coefficient (Wildman–Crippen LogP) is 1.38. The van der Waals surface area contributed by atoms with Crippen molar-refractivity contribution in [2.75, 3.05) is 13.2 Å². The number of carbonyl (C=O) groups is 1. The molecule has 1 amide bonds. The van der Waals surface area contributed by atoms with Gasteiger partial charge >= 0.3 is 0 Å². The molecule has 104 valence electrons. The fourth-order valence-electron chi connectivity index (χ4n) is 2.63. The average molecular weight is 265 g/mol. The fourth-order valence-corrected chi connectivity index (χ4v) is 2.63. The summed E-state index contributed by atoms with van der Waals surface area (Å²) in [6.07, 6.45) is 3.88. The van der Waals surface area contributed by atoms with Gasteiger partial charge in [-0.2, -0.15) is 0 Å². The Labute approximate surface area is 111 Å².